The average Bonchev–Trinajstić information content (AvgIpc) is 3.25. The number of carbonyl (C=O) groups excluding carboxylic acids is 2. The molecular formula is C23H17BrClNO4. The molecule has 30 heavy (non-hydrogen) atoms. The maximum atomic E-state index is 13.0. The summed E-state index contributed by atoms with van der Waals surface area (Å²) in [5.41, 5.74) is 1.68. The summed E-state index contributed by atoms with van der Waals surface area (Å²) in [6.07, 6.45) is 0. The van der Waals surface area contributed by atoms with Crippen molar-refractivity contribution in [1.82, 2.24) is 0 Å². The Morgan fingerprint density at radius 3 is 2.37 bits per heavy atom. The number of ketones is 1. The first-order chi connectivity index (χ1) is 14.3. The molecule has 1 saturated heterocycles. The zero-order valence-corrected chi connectivity index (χ0v) is 18.5. The Kier molecular flexibility index (Phi) is 5.30. The van der Waals surface area contributed by atoms with E-state index in [1.54, 1.807) is 61.5 Å². The number of aryl methyl sites for hydroxylation is 2. The summed E-state index contributed by atoms with van der Waals surface area (Å²) in [7, 11) is 0. The van der Waals surface area contributed by atoms with Gasteiger partial charge in [-0.15, -0.1) is 0 Å². The van der Waals surface area contributed by atoms with Crippen LogP contribution in [0.4, 0.5) is 5.69 Å². The lowest BCUT2D eigenvalue weighted by atomic mass is 9.99. The average molecular weight is 487 g/mol. The maximum absolute atomic E-state index is 13.0. The van der Waals surface area contributed by atoms with E-state index in [9.17, 15) is 14.7 Å². The highest BCUT2D eigenvalue weighted by atomic mass is 79.9. The van der Waals surface area contributed by atoms with Crippen LogP contribution >= 0.6 is 27.5 Å². The van der Waals surface area contributed by atoms with E-state index in [2.05, 4.69) is 15.9 Å². The van der Waals surface area contributed by atoms with E-state index < -0.39 is 17.7 Å². The summed E-state index contributed by atoms with van der Waals surface area (Å²) < 4.78 is 6.60. The molecule has 1 aromatic heterocycles. The molecular weight excluding hydrogens is 470 g/mol. The minimum atomic E-state index is -0.916. The molecule has 1 fully saturated rings. The Morgan fingerprint density at radius 2 is 1.77 bits per heavy atom. The van der Waals surface area contributed by atoms with E-state index in [4.69, 9.17) is 16.0 Å². The van der Waals surface area contributed by atoms with Crippen molar-refractivity contribution in [3.8, 4) is 0 Å². The summed E-state index contributed by atoms with van der Waals surface area (Å²) in [6.45, 7) is 3.62. The molecule has 1 atom stereocenters. The van der Waals surface area contributed by atoms with Crippen molar-refractivity contribution < 1.29 is 19.1 Å². The third-order valence-electron chi connectivity index (χ3n) is 5.03. The topological polar surface area (TPSA) is 70.8 Å². The van der Waals surface area contributed by atoms with E-state index in [0.717, 1.165) is 10.0 Å². The zero-order valence-electron chi connectivity index (χ0n) is 16.1. The number of aliphatic hydroxyl groups excluding tert-OH is 1. The van der Waals surface area contributed by atoms with Gasteiger partial charge in [-0.1, -0.05) is 45.7 Å². The number of hydrogen-bond acceptors (Lipinski definition) is 4. The Balaban J connectivity index is 1.94. The number of Topliss-reactive ketones (excluding diaryl/α,β-unsaturated/α-hetero) is 1. The Morgan fingerprint density at radius 1 is 1.07 bits per heavy atom. The fourth-order valence-electron chi connectivity index (χ4n) is 3.46. The molecule has 0 radical (unpaired) electrons. The molecule has 0 bridgehead atoms. The van der Waals surface area contributed by atoms with Gasteiger partial charge in [0.1, 0.15) is 23.3 Å². The van der Waals surface area contributed by atoms with Crippen LogP contribution < -0.4 is 4.90 Å². The van der Waals surface area contributed by atoms with Gasteiger partial charge < -0.3 is 9.52 Å². The summed E-state index contributed by atoms with van der Waals surface area (Å²) in [5.74, 6) is -0.803. The van der Waals surface area contributed by atoms with Crippen LogP contribution in [0.3, 0.4) is 0 Å². The van der Waals surface area contributed by atoms with Crippen LogP contribution in [0.2, 0.25) is 5.02 Å². The van der Waals surface area contributed by atoms with Gasteiger partial charge in [0.15, 0.2) is 0 Å². The summed E-state index contributed by atoms with van der Waals surface area (Å²) in [4.78, 5) is 27.4. The largest absolute Gasteiger partial charge is 0.507 e. The maximum Gasteiger partial charge on any atom is 0.300 e. The number of carbonyl (C=O) groups is 2. The van der Waals surface area contributed by atoms with Crippen LogP contribution in [-0.2, 0) is 9.59 Å². The predicted molar refractivity (Wildman–Crippen MR) is 119 cm³/mol. The molecule has 0 aliphatic carbocycles. The number of furan rings is 1. The van der Waals surface area contributed by atoms with Crippen molar-refractivity contribution in [1.29, 1.82) is 0 Å². The number of benzene rings is 2. The fraction of sp³-hybridized carbons (Fsp3) is 0.130. The number of hydrogen-bond donors (Lipinski definition) is 1. The molecule has 2 aromatic carbocycles. The first kappa shape index (κ1) is 20.4. The molecule has 1 N–H and O–H groups in total. The molecule has 1 aliphatic rings. The third-order valence-corrected chi connectivity index (χ3v) is 5.96. The molecule has 0 saturated carbocycles. The molecule has 1 aliphatic heterocycles. The van der Waals surface area contributed by atoms with Crippen molar-refractivity contribution >= 4 is 50.7 Å². The van der Waals surface area contributed by atoms with Gasteiger partial charge in [0.05, 0.1) is 5.57 Å². The van der Waals surface area contributed by atoms with E-state index >= 15 is 0 Å². The highest BCUT2D eigenvalue weighted by Crippen LogP contribution is 2.43. The molecule has 4 rings (SSSR count). The SMILES string of the molecule is Cc1ccc(C2/C(=C(/O)c3ccc(Br)cc3)C(=O)C(=O)N2c2ccc(C)c(Cl)c2)o1. The molecule has 7 heteroatoms. The molecule has 5 nitrogen and oxygen atoms in total. The Labute approximate surface area is 186 Å². The van der Waals surface area contributed by atoms with Gasteiger partial charge in [-0.25, -0.2) is 0 Å². The van der Waals surface area contributed by atoms with Gasteiger partial charge in [0.25, 0.3) is 11.7 Å². The van der Waals surface area contributed by atoms with Crippen LogP contribution in [0.25, 0.3) is 5.76 Å². The van der Waals surface area contributed by atoms with E-state index in [-0.39, 0.29) is 11.3 Å². The van der Waals surface area contributed by atoms with Gasteiger partial charge >= 0.3 is 0 Å². The number of halogens is 2. The van der Waals surface area contributed by atoms with Crippen molar-refractivity contribution in [2.24, 2.45) is 0 Å². The fourth-order valence-corrected chi connectivity index (χ4v) is 3.90. The summed E-state index contributed by atoms with van der Waals surface area (Å²) in [6, 6.07) is 14.5. The Hall–Kier alpha value is -2.83. The number of nitrogens with zero attached hydrogens (tertiary/aromatic N) is 1. The highest BCUT2D eigenvalue weighted by Gasteiger charge is 2.48. The minimum absolute atomic E-state index is 0.0339. The lowest BCUT2D eigenvalue weighted by molar-refractivity contribution is -0.132. The van der Waals surface area contributed by atoms with E-state index in [0.29, 0.717) is 27.8 Å². The number of rotatable bonds is 3. The van der Waals surface area contributed by atoms with E-state index in [1.165, 1.54) is 4.90 Å². The minimum Gasteiger partial charge on any atom is -0.507 e. The molecule has 3 aromatic rings. The molecule has 152 valence electrons. The van der Waals surface area contributed by atoms with Crippen LogP contribution in [0, 0.1) is 13.8 Å². The molecule has 1 amide bonds. The second-order valence-corrected chi connectivity index (χ2v) is 8.38. The predicted octanol–water partition coefficient (Wildman–Crippen LogP) is 5.94. The number of anilines is 1. The first-order valence-electron chi connectivity index (χ1n) is 9.17. The second kappa shape index (κ2) is 7.78. The van der Waals surface area contributed by atoms with Crippen LogP contribution in [0.15, 0.2) is 69.1 Å². The standard InChI is InChI=1S/C23H17BrClNO4/c1-12-3-9-16(11-17(12)25)26-20(18-10-4-13(2)30-18)19(22(28)23(26)29)21(27)14-5-7-15(24)8-6-14/h3-11,20,27H,1-2H3/b21-19-. The van der Waals surface area contributed by atoms with Crippen LogP contribution in [0.5, 0.6) is 0 Å². The second-order valence-electron chi connectivity index (χ2n) is 7.06. The molecule has 2 heterocycles. The number of aliphatic hydroxyl groups is 1. The molecule has 1 unspecified atom stereocenters. The van der Waals surface area contributed by atoms with Crippen molar-refractivity contribution in [3.05, 3.63) is 92.3 Å². The zero-order chi connectivity index (χ0) is 21.6. The van der Waals surface area contributed by atoms with Crippen LogP contribution in [0.1, 0.15) is 28.7 Å². The van der Waals surface area contributed by atoms with Gasteiger partial charge in [-0.05, 0) is 55.8 Å². The number of amides is 1. The Bertz CT molecular complexity index is 1200. The third kappa shape index (κ3) is 3.46. The highest BCUT2D eigenvalue weighted by molar-refractivity contribution is 9.10. The monoisotopic (exact) mass is 485 g/mol. The first-order valence-corrected chi connectivity index (χ1v) is 10.3. The lowest BCUT2D eigenvalue weighted by Crippen LogP contribution is -2.29. The van der Waals surface area contributed by atoms with Gasteiger partial charge in [0, 0.05) is 20.7 Å². The van der Waals surface area contributed by atoms with Crippen molar-refractivity contribution in [3.63, 3.8) is 0 Å². The van der Waals surface area contributed by atoms with Crippen molar-refractivity contribution in [2.75, 3.05) is 4.90 Å². The summed E-state index contributed by atoms with van der Waals surface area (Å²) in [5, 5.41) is 11.5. The van der Waals surface area contributed by atoms with E-state index in [1.807, 2.05) is 6.92 Å². The summed E-state index contributed by atoms with van der Waals surface area (Å²) >= 11 is 9.62. The van der Waals surface area contributed by atoms with Crippen LogP contribution in [-0.4, -0.2) is 16.8 Å². The normalized spacial score (nSPS) is 18.3. The van der Waals surface area contributed by atoms with Gasteiger partial charge in [0.2, 0.25) is 0 Å². The van der Waals surface area contributed by atoms with Gasteiger partial charge in [-0.3, -0.25) is 14.5 Å². The van der Waals surface area contributed by atoms with Crippen molar-refractivity contribution in [2.45, 2.75) is 19.9 Å². The molecule has 0 spiro atoms. The van der Waals surface area contributed by atoms with Gasteiger partial charge in [-0.2, -0.15) is 0 Å². The smallest absolute Gasteiger partial charge is 0.300 e. The lowest BCUT2D eigenvalue weighted by Gasteiger charge is -2.24. The quantitative estimate of drug-likeness (QED) is 0.283.